The van der Waals surface area contributed by atoms with Gasteiger partial charge in [0.25, 0.3) is 0 Å². The Kier molecular flexibility index (Phi) is 4.51. The first-order valence-corrected chi connectivity index (χ1v) is 5.57. The summed E-state index contributed by atoms with van der Waals surface area (Å²) in [5, 5.41) is 3.52. The van der Waals surface area contributed by atoms with Crippen molar-refractivity contribution >= 4 is 0 Å². The van der Waals surface area contributed by atoms with Gasteiger partial charge in [-0.2, -0.15) is 0 Å². The van der Waals surface area contributed by atoms with Gasteiger partial charge in [0.2, 0.25) is 0 Å². The largest absolute Gasteiger partial charge is 0.314 e. The van der Waals surface area contributed by atoms with E-state index in [0.29, 0.717) is 0 Å². The summed E-state index contributed by atoms with van der Waals surface area (Å²) >= 11 is 0. The van der Waals surface area contributed by atoms with Gasteiger partial charge in [-0.1, -0.05) is 25.5 Å². The van der Waals surface area contributed by atoms with Crippen LogP contribution in [0.25, 0.3) is 0 Å². The highest BCUT2D eigenvalue weighted by molar-refractivity contribution is 4.98. The quantitative estimate of drug-likeness (QED) is 0.490. The standard InChI is InChI=1S/C12H23N/c1-10(2)9-11(3)5-4-8-13-12-6-7-12/h5,10,12-13H,4,6-9H2,1-3H3. The summed E-state index contributed by atoms with van der Waals surface area (Å²) in [7, 11) is 0. The topological polar surface area (TPSA) is 12.0 Å². The van der Waals surface area contributed by atoms with E-state index >= 15 is 0 Å². The third-order valence-electron chi connectivity index (χ3n) is 2.38. The maximum atomic E-state index is 3.52. The van der Waals surface area contributed by atoms with Gasteiger partial charge in [0.05, 0.1) is 0 Å². The lowest BCUT2D eigenvalue weighted by Crippen LogP contribution is -2.16. The van der Waals surface area contributed by atoms with E-state index in [9.17, 15) is 0 Å². The molecule has 0 radical (unpaired) electrons. The highest BCUT2D eigenvalue weighted by atomic mass is 14.9. The van der Waals surface area contributed by atoms with Crippen molar-refractivity contribution in [3.05, 3.63) is 11.6 Å². The van der Waals surface area contributed by atoms with Gasteiger partial charge >= 0.3 is 0 Å². The third-order valence-corrected chi connectivity index (χ3v) is 2.38. The van der Waals surface area contributed by atoms with Crippen LogP contribution < -0.4 is 5.32 Å². The van der Waals surface area contributed by atoms with Crippen LogP contribution in [0.4, 0.5) is 0 Å². The lowest BCUT2D eigenvalue weighted by atomic mass is 10.0. The van der Waals surface area contributed by atoms with E-state index in [1.54, 1.807) is 5.57 Å². The Labute approximate surface area is 82.6 Å². The molecule has 76 valence electrons. The van der Waals surface area contributed by atoms with Crippen LogP contribution in [0.1, 0.15) is 46.5 Å². The lowest BCUT2D eigenvalue weighted by molar-refractivity contribution is 0.636. The van der Waals surface area contributed by atoms with E-state index in [1.807, 2.05) is 0 Å². The Morgan fingerprint density at radius 2 is 2.15 bits per heavy atom. The van der Waals surface area contributed by atoms with E-state index in [1.165, 1.54) is 32.2 Å². The first kappa shape index (κ1) is 10.8. The maximum Gasteiger partial charge on any atom is 0.00683 e. The van der Waals surface area contributed by atoms with Crippen LogP contribution in [-0.2, 0) is 0 Å². The van der Waals surface area contributed by atoms with Gasteiger partial charge in [0.15, 0.2) is 0 Å². The predicted molar refractivity (Wildman–Crippen MR) is 58.9 cm³/mol. The van der Waals surface area contributed by atoms with Gasteiger partial charge in [-0.05, 0) is 45.1 Å². The van der Waals surface area contributed by atoms with Crippen molar-refractivity contribution in [3.8, 4) is 0 Å². The molecule has 13 heavy (non-hydrogen) atoms. The second kappa shape index (κ2) is 5.43. The van der Waals surface area contributed by atoms with Crippen LogP contribution in [-0.4, -0.2) is 12.6 Å². The summed E-state index contributed by atoms with van der Waals surface area (Å²) in [5.41, 5.74) is 1.55. The molecule has 0 saturated heterocycles. The second-order valence-electron chi connectivity index (χ2n) is 4.67. The summed E-state index contributed by atoms with van der Waals surface area (Å²) in [6, 6.07) is 0.860. The Balaban J connectivity index is 1.99. The third kappa shape index (κ3) is 5.87. The van der Waals surface area contributed by atoms with Crippen LogP contribution in [0.5, 0.6) is 0 Å². The van der Waals surface area contributed by atoms with Crippen molar-refractivity contribution in [2.45, 2.75) is 52.5 Å². The monoisotopic (exact) mass is 181 g/mol. The molecular formula is C12H23N. The minimum Gasteiger partial charge on any atom is -0.314 e. The fourth-order valence-electron chi connectivity index (χ4n) is 1.62. The molecule has 0 heterocycles. The van der Waals surface area contributed by atoms with Crippen LogP contribution in [0.2, 0.25) is 0 Å². The van der Waals surface area contributed by atoms with Gasteiger partial charge in [0.1, 0.15) is 0 Å². The van der Waals surface area contributed by atoms with E-state index in [-0.39, 0.29) is 0 Å². The molecule has 0 aromatic rings. The second-order valence-corrected chi connectivity index (χ2v) is 4.67. The molecule has 0 bridgehead atoms. The lowest BCUT2D eigenvalue weighted by Gasteiger charge is -2.05. The minimum absolute atomic E-state index is 0.799. The predicted octanol–water partition coefficient (Wildman–Crippen LogP) is 3.12. The van der Waals surface area contributed by atoms with Gasteiger partial charge in [-0.3, -0.25) is 0 Å². The molecule has 0 aromatic carbocycles. The first-order valence-electron chi connectivity index (χ1n) is 5.57. The Bertz CT molecular complexity index is 166. The molecule has 0 unspecified atom stereocenters. The first-order chi connectivity index (χ1) is 6.18. The van der Waals surface area contributed by atoms with E-state index in [4.69, 9.17) is 0 Å². The summed E-state index contributed by atoms with van der Waals surface area (Å²) in [6.45, 7) is 7.97. The smallest absolute Gasteiger partial charge is 0.00683 e. The molecule has 0 atom stereocenters. The molecule has 0 amide bonds. The minimum atomic E-state index is 0.799. The summed E-state index contributed by atoms with van der Waals surface area (Å²) < 4.78 is 0. The van der Waals surface area contributed by atoms with Crippen molar-refractivity contribution in [1.29, 1.82) is 0 Å². The van der Waals surface area contributed by atoms with Crippen molar-refractivity contribution < 1.29 is 0 Å². The van der Waals surface area contributed by atoms with Gasteiger partial charge in [-0.25, -0.2) is 0 Å². The van der Waals surface area contributed by atoms with Crippen molar-refractivity contribution in [2.75, 3.05) is 6.54 Å². The molecule has 1 saturated carbocycles. The SMILES string of the molecule is CC(=CCCNC1CC1)CC(C)C. The van der Waals surface area contributed by atoms with Gasteiger partial charge < -0.3 is 5.32 Å². The zero-order valence-corrected chi connectivity index (χ0v) is 9.27. The summed E-state index contributed by atoms with van der Waals surface area (Å²) in [5.74, 6) is 0.799. The number of rotatable bonds is 6. The van der Waals surface area contributed by atoms with E-state index in [2.05, 4.69) is 32.2 Å². The van der Waals surface area contributed by atoms with Gasteiger partial charge in [-0.15, -0.1) is 0 Å². The average Bonchev–Trinajstić information content (AvgIpc) is 2.80. The molecule has 1 N–H and O–H groups in total. The van der Waals surface area contributed by atoms with Crippen LogP contribution in [0.3, 0.4) is 0 Å². The molecular weight excluding hydrogens is 158 g/mol. The summed E-state index contributed by atoms with van der Waals surface area (Å²) in [6.07, 6.45) is 7.64. The molecule has 0 aliphatic heterocycles. The van der Waals surface area contributed by atoms with Crippen molar-refractivity contribution in [2.24, 2.45) is 5.92 Å². The maximum absolute atomic E-state index is 3.52. The molecule has 1 rings (SSSR count). The van der Waals surface area contributed by atoms with Crippen LogP contribution in [0, 0.1) is 5.92 Å². The normalized spacial score (nSPS) is 18.3. The fraction of sp³-hybridized carbons (Fsp3) is 0.833. The molecule has 1 heteroatoms. The average molecular weight is 181 g/mol. The molecule has 1 nitrogen and oxygen atoms in total. The highest BCUT2D eigenvalue weighted by Crippen LogP contribution is 2.18. The van der Waals surface area contributed by atoms with E-state index in [0.717, 1.165) is 12.0 Å². The summed E-state index contributed by atoms with van der Waals surface area (Å²) in [4.78, 5) is 0. The number of hydrogen-bond acceptors (Lipinski definition) is 1. The number of allylic oxidation sites excluding steroid dienone is 1. The molecule has 0 spiro atoms. The highest BCUT2D eigenvalue weighted by Gasteiger charge is 2.19. The molecule has 1 fully saturated rings. The fourth-order valence-corrected chi connectivity index (χ4v) is 1.62. The van der Waals surface area contributed by atoms with E-state index < -0.39 is 0 Å². The Hall–Kier alpha value is -0.300. The number of nitrogens with one attached hydrogen (secondary N) is 1. The van der Waals surface area contributed by atoms with Crippen LogP contribution >= 0.6 is 0 Å². The van der Waals surface area contributed by atoms with Crippen molar-refractivity contribution in [1.82, 2.24) is 5.32 Å². The molecule has 1 aliphatic carbocycles. The molecule has 0 aromatic heterocycles. The van der Waals surface area contributed by atoms with Gasteiger partial charge in [0, 0.05) is 6.04 Å². The zero-order valence-electron chi connectivity index (χ0n) is 9.27. The van der Waals surface area contributed by atoms with Crippen LogP contribution in [0.15, 0.2) is 11.6 Å². The zero-order chi connectivity index (χ0) is 9.68. The molecule has 1 aliphatic rings. The Morgan fingerprint density at radius 1 is 1.46 bits per heavy atom. The Morgan fingerprint density at radius 3 is 2.69 bits per heavy atom. The van der Waals surface area contributed by atoms with Crippen molar-refractivity contribution in [3.63, 3.8) is 0 Å². The number of hydrogen-bond donors (Lipinski definition) is 1.